The average molecular weight is 693 g/mol. The van der Waals surface area contributed by atoms with Crippen molar-refractivity contribution in [3.63, 3.8) is 0 Å². The van der Waals surface area contributed by atoms with Crippen molar-refractivity contribution < 1.29 is 34.7 Å². The van der Waals surface area contributed by atoms with Gasteiger partial charge in [-0.3, -0.25) is 9.11 Å². The lowest BCUT2D eigenvalue weighted by molar-refractivity contribution is 0.416. The fraction of sp³-hybridized carbons (Fsp3) is 0.125. The van der Waals surface area contributed by atoms with Gasteiger partial charge in [-0.1, -0.05) is 72.8 Å². The van der Waals surface area contributed by atoms with E-state index in [4.69, 9.17) is 22.5 Å². The molecule has 2 aliphatic carbocycles. The van der Waals surface area contributed by atoms with Crippen molar-refractivity contribution in [2.24, 2.45) is 21.7 Å². The van der Waals surface area contributed by atoms with E-state index in [-0.39, 0.29) is 44.8 Å². The maximum atomic E-state index is 16.2. The summed E-state index contributed by atoms with van der Waals surface area (Å²) in [6, 6.07) is 14.8. The van der Waals surface area contributed by atoms with Crippen molar-refractivity contribution in [2.75, 3.05) is 0 Å². The fourth-order valence-corrected chi connectivity index (χ4v) is 9.57. The Morgan fingerprint density at radius 1 is 0.604 bits per heavy atom. The maximum Gasteiger partial charge on any atom is 0.281 e. The summed E-state index contributed by atoms with van der Waals surface area (Å²) in [7, 11) is -10.5. The van der Waals surface area contributed by atoms with Gasteiger partial charge in [0.25, 0.3) is 20.2 Å². The molecule has 0 fully saturated rings. The summed E-state index contributed by atoms with van der Waals surface area (Å²) in [5, 5.41) is 6.64. The van der Waals surface area contributed by atoms with Gasteiger partial charge in [-0.05, 0) is 57.7 Å². The summed E-state index contributed by atoms with van der Waals surface area (Å²) in [5.41, 5.74) is 26.5. The summed E-state index contributed by atoms with van der Waals surface area (Å²) in [6.07, 6.45) is 2.72. The first-order valence-electron chi connectivity index (χ1n) is 14.1. The van der Waals surface area contributed by atoms with Gasteiger partial charge in [0.1, 0.15) is 11.6 Å². The van der Waals surface area contributed by atoms with Crippen molar-refractivity contribution in [3.05, 3.63) is 141 Å². The van der Waals surface area contributed by atoms with E-state index in [1.54, 1.807) is 12.1 Å². The molecule has 48 heavy (non-hydrogen) atoms. The normalized spacial score (nSPS) is 23.7. The number of halogens is 2. The van der Waals surface area contributed by atoms with E-state index >= 15 is 8.78 Å². The van der Waals surface area contributed by atoms with Crippen LogP contribution in [0.4, 0.5) is 8.78 Å². The minimum Gasteiger partial charge on any atom is -0.321 e. The van der Waals surface area contributed by atoms with Crippen LogP contribution in [0.25, 0.3) is 23.3 Å². The van der Waals surface area contributed by atoms with Crippen LogP contribution in [-0.4, -0.2) is 38.0 Å². The molecule has 4 unspecified atom stereocenters. The van der Waals surface area contributed by atoms with E-state index in [1.807, 2.05) is 0 Å². The van der Waals surface area contributed by atoms with Crippen LogP contribution in [0, 0.1) is 22.7 Å². The third-order valence-corrected chi connectivity index (χ3v) is 12.0. The van der Waals surface area contributed by atoms with E-state index in [1.165, 1.54) is 60.7 Å². The van der Waals surface area contributed by atoms with Crippen molar-refractivity contribution in [1.29, 1.82) is 11.1 Å². The first kappa shape index (κ1) is 33.1. The zero-order valence-corrected chi connectivity index (χ0v) is 26.2. The Kier molecular flexibility index (Phi) is 7.85. The summed E-state index contributed by atoms with van der Waals surface area (Å²) < 4.78 is 101. The van der Waals surface area contributed by atoms with Gasteiger partial charge in [0, 0.05) is 11.1 Å². The molecule has 2 aliphatic rings. The van der Waals surface area contributed by atoms with Gasteiger partial charge in [-0.15, -0.1) is 0 Å². The highest BCUT2D eigenvalue weighted by molar-refractivity contribution is 7.87. The molecule has 0 aliphatic heterocycles. The van der Waals surface area contributed by atoms with Crippen LogP contribution < -0.4 is 11.5 Å². The molecule has 16 heteroatoms. The molecule has 0 saturated heterocycles. The van der Waals surface area contributed by atoms with Crippen LogP contribution in [0.1, 0.15) is 33.4 Å². The molecule has 8 N–H and O–H groups in total. The fourth-order valence-electron chi connectivity index (χ4n) is 6.87. The first-order chi connectivity index (χ1) is 22.6. The summed E-state index contributed by atoms with van der Waals surface area (Å²) in [5.74, 6) is -2.31. The van der Waals surface area contributed by atoms with E-state index in [0.717, 1.165) is 24.3 Å². The lowest BCUT2D eigenvalue weighted by atomic mass is 9.76. The van der Waals surface area contributed by atoms with Crippen LogP contribution in [0.15, 0.2) is 107 Å². The Hall–Kier alpha value is -4.84. The van der Waals surface area contributed by atoms with E-state index in [9.17, 15) is 25.9 Å². The molecule has 12 nitrogen and oxygen atoms in total. The standard InChI is InChI=1S/C32H26F2N6O6S2/c33-25-13-17(9-11-23(25)31(47(41,42)43)21-7-3-1-5-19(21)15-27(39-37)29(31)35)18-10-12-24(26(34)14-18)32(48(44,45)46)22-8-4-2-6-20(22)16-28(40-38)30(32)36/h1-16,29-30,37-38H,35-36H2,(H,41,42,43)(H,44,45,46). The molecule has 0 bridgehead atoms. The Balaban J connectivity index is 1.53. The summed E-state index contributed by atoms with van der Waals surface area (Å²) in [6.45, 7) is 0. The minimum atomic E-state index is -5.26. The third-order valence-electron chi connectivity index (χ3n) is 8.99. The molecule has 4 atom stereocenters. The smallest absolute Gasteiger partial charge is 0.281 e. The van der Waals surface area contributed by atoms with Gasteiger partial charge in [0.15, 0.2) is 9.49 Å². The van der Waals surface area contributed by atoms with Gasteiger partial charge >= 0.3 is 0 Å². The van der Waals surface area contributed by atoms with Crippen LogP contribution in [-0.2, 0) is 29.7 Å². The van der Waals surface area contributed by atoms with Gasteiger partial charge < -0.3 is 11.5 Å². The summed E-state index contributed by atoms with van der Waals surface area (Å²) >= 11 is 0. The molecular weight excluding hydrogens is 667 g/mol. The highest BCUT2D eigenvalue weighted by Gasteiger charge is 2.58. The molecule has 0 saturated carbocycles. The van der Waals surface area contributed by atoms with E-state index in [2.05, 4.69) is 10.2 Å². The molecule has 246 valence electrons. The van der Waals surface area contributed by atoms with Gasteiger partial charge in [-0.25, -0.2) is 19.8 Å². The Labute approximate surface area is 273 Å². The second kappa shape index (κ2) is 11.4. The lowest BCUT2D eigenvalue weighted by Crippen LogP contribution is -2.54. The average Bonchev–Trinajstić information content (AvgIpc) is 3.03. The van der Waals surface area contributed by atoms with E-state index in [0.29, 0.717) is 0 Å². The van der Waals surface area contributed by atoms with Crippen LogP contribution >= 0.6 is 0 Å². The molecule has 0 amide bonds. The largest absolute Gasteiger partial charge is 0.321 e. The predicted molar refractivity (Wildman–Crippen MR) is 172 cm³/mol. The van der Waals surface area contributed by atoms with Gasteiger partial charge in [0.05, 0.1) is 23.5 Å². The lowest BCUT2D eigenvalue weighted by Gasteiger charge is -2.40. The molecule has 4 aromatic carbocycles. The number of hydrogen-bond donors (Lipinski definition) is 6. The SMILES string of the molecule is N=NC1=Cc2ccccc2C(c2ccc(-c3ccc(C4(S(=O)(=O)O)c5ccccc5C=C(N=N)C4N)c(F)c3)cc2F)(S(=O)(=O)O)C1N. The molecule has 0 aromatic heterocycles. The molecule has 0 radical (unpaired) electrons. The van der Waals surface area contributed by atoms with Crippen LogP contribution in [0.5, 0.6) is 0 Å². The number of nitrogens with one attached hydrogen (secondary N) is 2. The monoisotopic (exact) mass is 692 g/mol. The van der Waals surface area contributed by atoms with Crippen molar-refractivity contribution >= 4 is 32.4 Å². The molecule has 4 aromatic rings. The number of benzene rings is 4. The quantitative estimate of drug-likeness (QED) is 0.109. The number of nitrogens with zero attached hydrogens (tertiary/aromatic N) is 2. The van der Waals surface area contributed by atoms with Gasteiger partial charge in [0.2, 0.25) is 0 Å². The topological polar surface area (TPSA) is 233 Å². The second-order valence-electron chi connectivity index (χ2n) is 11.3. The maximum absolute atomic E-state index is 16.2. The molecule has 0 spiro atoms. The Morgan fingerprint density at radius 2 is 0.958 bits per heavy atom. The molecule has 6 rings (SSSR count). The van der Waals surface area contributed by atoms with E-state index < -0.39 is 64.6 Å². The highest BCUT2D eigenvalue weighted by Crippen LogP contribution is 2.50. The van der Waals surface area contributed by atoms with Crippen LogP contribution in [0.2, 0.25) is 0 Å². The predicted octanol–water partition coefficient (Wildman–Crippen LogP) is 5.32. The summed E-state index contributed by atoms with van der Waals surface area (Å²) in [4.78, 5) is 0. The molecule has 0 heterocycles. The zero-order chi connectivity index (χ0) is 34.8. The Bertz CT molecular complexity index is 2170. The van der Waals surface area contributed by atoms with Crippen molar-refractivity contribution in [1.82, 2.24) is 0 Å². The highest BCUT2D eigenvalue weighted by atomic mass is 32.2. The number of nitrogens with two attached hydrogens (primary N) is 2. The number of hydrogen-bond acceptors (Lipinski definition) is 10. The van der Waals surface area contributed by atoms with Crippen molar-refractivity contribution in [3.8, 4) is 11.1 Å². The second-order valence-corrected chi connectivity index (χ2v) is 14.5. The minimum absolute atomic E-state index is 0.0155. The van der Waals surface area contributed by atoms with Crippen molar-refractivity contribution in [2.45, 2.75) is 21.6 Å². The number of fused-ring (bicyclic) bond motifs is 2. The Morgan fingerprint density at radius 3 is 1.27 bits per heavy atom. The molecular formula is C32H26F2N6O6S2. The number of rotatable bonds is 7. The first-order valence-corrected chi connectivity index (χ1v) is 16.9. The van der Waals surface area contributed by atoms with Gasteiger partial charge in [-0.2, -0.15) is 27.1 Å². The third kappa shape index (κ3) is 4.52. The zero-order valence-electron chi connectivity index (χ0n) is 24.5. The van der Waals surface area contributed by atoms with Crippen LogP contribution in [0.3, 0.4) is 0 Å².